The number of hydrogen-bond acceptors (Lipinski definition) is 7. The third kappa shape index (κ3) is 10.8. The first-order chi connectivity index (χ1) is 18.0. The van der Waals surface area contributed by atoms with Crippen molar-refractivity contribution in [2.45, 2.75) is 109 Å². The van der Waals surface area contributed by atoms with E-state index in [4.69, 9.17) is 23.4 Å². The van der Waals surface area contributed by atoms with E-state index in [-0.39, 0.29) is 30.0 Å². The predicted molar refractivity (Wildman–Crippen MR) is 153 cm³/mol. The molecule has 0 saturated carbocycles. The van der Waals surface area contributed by atoms with Crippen LogP contribution in [-0.4, -0.2) is 76.2 Å². The molecule has 0 unspecified atom stereocenters. The van der Waals surface area contributed by atoms with Crippen LogP contribution < -0.4 is 0 Å². The van der Waals surface area contributed by atoms with Gasteiger partial charge in [-0.2, -0.15) is 0 Å². The van der Waals surface area contributed by atoms with E-state index >= 15 is 0 Å². The quantitative estimate of drug-likeness (QED) is 0.122. The highest BCUT2D eigenvalue weighted by Gasteiger charge is 2.41. The Morgan fingerprint density at radius 2 is 1.84 bits per heavy atom. The minimum absolute atomic E-state index is 0.0995. The van der Waals surface area contributed by atoms with Crippen molar-refractivity contribution in [3.8, 4) is 0 Å². The van der Waals surface area contributed by atoms with E-state index in [1.165, 1.54) is 0 Å². The smallest absolute Gasteiger partial charge is 0.191 e. The van der Waals surface area contributed by atoms with Crippen LogP contribution in [0.5, 0.6) is 0 Å². The topological polar surface area (TPSA) is 86.6 Å². The molecule has 6 atom stereocenters. The molecule has 0 radical (unpaired) electrons. The maximum Gasteiger partial charge on any atom is 0.191 e. The van der Waals surface area contributed by atoms with Gasteiger partial charge in [0.1, 0.15) is 19.0 Å². The Bertz CT molecular complexity index is 796. The van der Waals surface area contributed by atoms with E-state index in [2.05, 4.69) is 40.8 Å². The van der Waals surface area contributed by atoms with Gasteiger partial charge in [-0.25, -0.2) is 0 Å². The lowest BCUT2D eigenvalue weighted by atomic mass is 9.86. The van der Waals surface area contributed by atoms with Crippen LogP contribution in [0.15, 0.2) is 42.5 Å². The Morgan fingerprint density at radius 1 is 1.13 bits per heavy atom. The van der Waals surface area contributed by atoms with Crippen LogP contribution in [0.4, 0.5) is 0 Å². The summed E-state index contributed by atoms with van der Waals surface area (Å²) in [5, 5.41) is 21.8. The molecule has 1 fully saturated rings. The van der Waals surface area contributed by atoms with Gasteiger partial charge in [0.05, 0.1) is 24.9 Å². The first kappa shape index (κ1) is 33.1. The molecule has 1 saturated heterocycles. The molecule has 0 bridgehead atoms. The van der Waals surface area contributed by atoms with Gasteiger partial charge in [0.2, 0.25) is 0 Å². The van der Waals surface area contributed by atoms with Gasteiger partial charge in [-0.05, 0) is 43.0 Å². The lowest BCUT2D eigenvalue weighted by Gasteiger charge is -2.42. The highest BCUT2D eigenvalue weighted by Crippen LogP contribution is 2.36. The molecule has 1 heterocycles. The molecule has 1 aromatic rings. The van der Waals surface area contributed by atoms with Gasteiger partial charge in [0.15, 0.2) is 8.32 Å². The summed E-state index contributed by atoms with van der Waals surface area (Å²) in [4.78, 5) is 0. The molecule has 7 nitrogen and oxygen atoms in total. The molecular formula is C30H52O7Si. The zero-order chi connectivity index (χ0) is 28.2. The number of rotatable bonds is 16. The second-order valence-corrected chi connectivity index (χ2v) is 16.7. The van der Waals surface area contributed by atoms with Crippen molar-refractivity contribution in [3.63, 3.8) is 0 Å². The molecule has 0 aromatic heterocycles. The molecular weight excluding hydrogens is 500 g/mol. The standard InChI is InChI=1S/C30H52O7Si/c1-23-26(17-19-34-21-24-14-10-8-11-15-24)37-28(20-27(23)35-22-33-5)29(32)25(31)16-12-9-13-18-36-38(6,7)30(2,3)4/h8,10-12,14-16,23,25-29,31-32H,9,13,17-22H2,1-7H3/b16-12+/t23-,25-,26+,27-,28+,29-/m0/s1. The Hall–Kier alpha value is -1.10. The largest absolute Gasteiger partial charge is 0.417 e. The Labute approximate surface area is 231 Å². The Kier molecular flexibility index (Phi) is 14.1. The first-order valence-electron chi connectivity index (χ1n) is 14.0. The molecule has 0 spiro atoms. The Balaban J connectivity index is 1.85. The number of methoxy groups -OCH3 is 1. The number of ether oxygens (including phenoxy) is 4. The van der Waals surface area contributed by atoms with Crippen molar-refractivity contribution < 1.29 is 33.6 Å². The van der Waals surface area contributed by atoms with Crippen LogP contribution in [-0.2, 0) is 30.0 Å². The van der Waals surface area contributed by atoms with Crippen molar-refractivity contribution in [2.24, 2.45) is 5.92 Å². The van der Waals surface area contributed by atoms with E-state index < -0.39 is 26.6 Å². The molecule has 0 aliphatic carbocycles. The van der Waals surface area contributed by atoms with Gasteiger partial charge in [-0.3, -0.25) is 0 Å². The molecule has 1 aliphatic rings. The molecule has 38 heavy (non-hydrogen) atoms. The summed E-state index contributed by atoms with van der Waals surface area (Å²) in [6, 6.07) is 10.1. The van der Waals surface area contributed by atoms with Crippen LogP contribution in [0.3, 0.4) is 0 Å². The SMILES string of the molecule is COCO[C@H]1C[C@H]([C@@H](O)[C@@H](O)/C=C/CCCO[Si](C)(C)C(C)(C)C)O[C@H](CCOCc2ccccc2)[C@@H]1C. The molecule has 1 aromatic carbocycles. The number of benzene rings is 1. The lowest BCUT2D eigenvalue weighted by Crippen LogP contribution is -2.51. The second kappa shape index (κ2) is 16.2. The number of unbranched alkanes of at least 4 members (excludes halogenated alkanes) is 1. The fourth-order valence-electron chi connectivity index (χ4n) is 4.29. The van der Waals surface area contributed by atoms with Crippen LogP contribution in [0.2, 0.25) is 18.1 Å². The highest BCUT2D eigenvalue weighted by atomic mass is 28.4. The fourth-order valence-corrected chi connectivity index (χ4v) is 5.38. The fraction of sp³-hybridized carbons (Fsp3) is 0.733. The highest BCUT2D eigenvalue weighted by molar-refractivity contribution is 6.74. The van der Waals surface area contributed by atoms with E-state index in [1.54, 1.807) is 13.2 Å². The minimum Gasteiger partial charge on any atom is -0.417 e. The molecule has 0 amide bonds. The molecule has 218 valence electrons. The van der Waals surface area contributed by atoms with Gasteiger partial charge in [-0.1, -0.05) is 70.2 Å². The average Bonchev–Trinajstić information content (AvgIpc) is 2.88. The third-order valence-electron chi connectivity index (χ3n) is 7.89. The van der Waals surface area contributed by atoms with Crippen LogP contribution in [0, 0.1) is 5.92 Å². The van der Waals surface area contributed by atoms with Crippen molar-refractivity contribution in [1.82, 2.24) is 0 Å². The number of allylic oxidation sites excluding steroid dienone is 1. The van der Waals surface area contributed by atoms with E-state index in [1.807, 2.05) is 36.4 Å². The molecule has 8 heteroatoms. The number of aliphatic hydroxyl groups excluding tert-OH is 2. The van der Waals surface area contributed by atoms with Crippen LogP contribution in [0.25, 0.3) is 0 Å². The van der Waals surface area contributed by atoms with Gasteiger partial charge in [0.25, 0.3) is 0 Å². The summed E-state index contributed by atoms with van der Waals surface area (Å²) in [6.45, 7) is 15.2. The first-order valence-corrected chi connectivity index (χ1v) is 16.9. The van der Waals surface area contributed by atoms with Gasteiger partial charge in [-0.15, -0.1) is 0 Å². The average molecular weight is 553 g/mol. The van der Waals surface area contributed by atoms with Gasteiger partial charge in [0, 0.05) is 32.7 Å². The van der Waals surface area contributed by atoms with Crippen molar-refractivity contribution in [2.75, 3.05) is 27.1 Å². The van der Waals surface area contributed by atoms with Crippen molar-refractivity contribution in [1.29, 1.82) is 0 Å². The summed E-state index contributed by atoms with van der Waals surface area (Å²) in [5.74, 6) is 0.0995. The van der Waals surface area contributed by atoms with Crippen LogP contribution >= 0.6 is 0 Å². The number of hydrogen-bond donors (Lipinski definition) is 2. The van der Waals surface area contributed by atoms with E-state index in [9.17, 15) is 10.2 Å². The van der Waals surface area contributed by atoms with E-state index in [0.29, 0.717) is 32.7 Å². The normalized spacial score (nSPS) is 24.6. The Morgan fingerprint density at radius 3 is 2.50 bits per heavy atom. The number of aliphatic hydroxyl groups is 2. The van der Waals surface area contributed by atoms with Crippen molar-refractivity contribution >= 4 is 8.32 Å². The summed E-state index contributed by atoms with van der Waals surface area (Å²) in [7, 11) is -0.151. The van der Waals surface area contributed by atoms with Gasteiger partial charge >= 0.3 is 0 Å². The van der Waals surface area contributed by atoms with Crippen LogP contribution in [0.1, 0.15) is 58.9 Å². The maximum absolute atomic E-state index is 10.9. The molecule has 2 N–H and O–H groups in total. The summed E-state index contributed by atoms with van der Waals surface area (Å²) in [5.41, 5.74) is 1.13. The summed E-state index contributed by atoms with van der Waals surface area (Å²) < 4.78 is 29.4. The van der Waals surface area contributed by atoms with Gasteiger partial charge < -0.3 is 33.6 Å². The summed E-state index contributed by atoms with van der Waals surface area (Å²) >= 11 is 0. The zero-order valence-electron chi connectivity index (χ0n) is 24.6. The minimum atomic E-state index is -1.75. The second-order valence-electron chi connectivity index (χ2n) is 11.9. The molecule has 1 aliphatic heterocycles. The summed E-state index contributed by atoms with van der Waals surface area (Å²) in [6.07, 6.45) is 3.47. The zero-order valence-corrected chi connectivity index (χ0v) is 25.6. The lowest BCUT2D eigenvalue weighted by molar-refractivity contribution is -0.207. The third-order valence-corrected chi connectivity index (χ3v) is 12.4. The predicted octanol–water partition coefficient (Wildman–Crippen LogP) is 5.46. The van der Waals surface area contributed by atoms with E-state index in [0.717, 1.165) is 18.4 Å². The van der Waals surface area contributed by atoms with Crippen molar-refractivity contribution in [3.05, 3.63) is 48.0 Å². The monoisotopic (exact) mass is 552 g/mol. The molecule has 2 rings (SSSR count). The maximum atomic E-state index is 10.9.